The first-order chi connectivity index (χ1) is 10.8. The molecule has 4 unspecified atom stereocenters. The maximum atomic E-state index is 2.70. The molecule has 0 amide bonds. The molecular formula is C20H29SiZr-. The Kier molecular flexibility index (Phi) is 4.62. The average Bonchev–Trinajstić information content (AvgIpc) is 3.13. The SMILES string of the molecule is C[SiH](C)[Zr-]([CH]1CCC2CC=CC=C21)[CH]1CCC2CC=CC=C21. The summed E-state index contributed by atoms with van der Waals surface area (Å²) in [6, 6.07) is 0. The molecule has 0 aromatic heterocycles. The summed E-state index contributed by atoms with van der Waals surface area (Å²) in [5.41, 5.74) is 3.85. The number of hydrogen-bond acceptors (Lipinski definition) is 0. The topological polar surface area (TPSA) is 0 Å². The third kappa shape index (κ3) is 2.69. The Labute approximate surface area is 144 Å². The molecule has 0 bridgehead atoms. The van der Waals surface area contributed by atoms with Gasteiger partial charge in [0.15, 0.2) is 0 Å². The summed E-state index contributed by atoms with van der Waals surface area (Å²) >= 11 is -1.36. The van der Waals surface area contributed by atoms with Crippen molar-refractivity contribution in [2.45, 2.75) is 58.9 Å². The van der Waals surface area contributed by atoms with Crippen molar-refractivity contribution < 1.29 is 20.9 Å². The molecule has 4 aliphatic carbocycles. The van der Waals surface area contributed by atoms with Gasteiger partial charge in [-0.05, 0) is 0 Å². The second-order valence-electron chi connectivity index (χ2n) is 7.97. The predicted molar refractivity (Wildman–Crippen MR) is 95.5 cm³/mol. The second-order valence-corrected chi connectivity index (χ2v) is 28.6. The zero-order chi connectivity index (χ0) is 15.1. The van der Waals surface area contributed by atoms with Crippen molar-refractivity contribution in [1.29, 1.82) is 0 Å². The summed E-state index contributed by atoms with van der Waals surface area (Å²) in [5.74, 6) is 1.42. The number of hydrogen-bond donors (Lipinski definition) is 0. The molecule has 0 radical (unpaired) electrons. The van der Waals surface area contributed by atoms with E-state index in [-0.39, 0.29) is 0 Å². The van der Waals surface area contributed by atoms with E-state index in [4.69, 9.17) is 0 Å². The van der Waals surface area contributed by atoms with Crippen LogP contribution >= 0.6 is 0 Å². The first-order valence-electron chi connectivity index (χ1n) is 9.35. The van der Waals surface area contributed by atoms with Crippen molar-refractivity contribution in [1.82, 2.24) is 0 Å². The van der Waals surface area contributed by atoms with E-state index in [9.17, 15) is 0 Å². The summed E-state index contributed by atoms with van der Waals surface area (Å²) in [4.78, 5) is 0. The van der Waals surface area contributed by atoms with Gasteiger partial charge in [0, 0.05) is 0 Å². The van der Waals surface area contributed by atoms with Crippen molar-refractivity contribution in [3.8, 4) is 0 Å². The molecule has 118 valence electrons. The normalized spacial score (nSPS) is 36.5. The van der Waals surface area contributed by atoms with Crippen LogP contribution in [0.5, 0.6) is 0 Å². The third-order valence-electron chi connectivity index (χ3n) is 6.52. The Morgan fingerprint density at radius 2 is 1.32 bits per heavy atom. The van der Waals surface area contributed by atoms with Gasteiger partial charge in [-0.25, -0.2) is 0 Å². The van der Waals surface area contributed by atoms with Crippen LogP contribution in [0.4, 0.5) is 0 Å². The Hall–Kier alpha value is 0.0600. The Morgan fingerprint density at radius 1 is 0.818 bits per heavy atom. The van der Waals surface area contributed by atoms with Gasteiger partial charge in [-0.2, -0.15) is 0 Å². The van der Waals surface area contributed by atoms with Gasteiger partial charge in [0.25, 0.3) is 0 Å². The van der Waals surface area contributed by atoms with Crippen molar-refractivity contribution in [3.63, 3.8) is 0 Å². The van der Waals surface area contributed by atoms with Crippen LogP contribution in [0.3, 0.4) is 0 Å². The van der Waals surface area contributed by atoms with Gasteiger partial charge in [-0.15, -0.1) is 0 Å². The van der Waals surface area contributed by atoms with Crippen LogP contribution in [0.15, 0.2) is 47.6 Å². The van der Waals surface area contributed by atoms with Crippen LogP contribution in [0.1, 0.15) is 38.5 Å². The summed E-state index contributed by atoms with van der Waals surface area (Å²) in [6.07, 6.45) is 23.5. The van der Waals surface area contributed by atoms with E-state index in [2.05, 4.69) is 49.6 Å². The van der Waals surface area contributed by atoms with Crippen molar-refractivity contribution in [2.75, 3.05) is 0 Å². The fraction of sp³-hybridized carbons (Fsp3) is 0.600. The minimum atomic E-state index is -1.36. The summed E-state index contributed by atoms with van der Waals surface area (Å²) in [5, 5.41) is 0. The van der Waals surface area contributed by atoms with E-state index in [0.717, 1.165) is 19.1 Å². The second kappa shape index (κ2) is 6.52. The molecule has 22 heavy (non-hydrogen) atoms. The molecule has 0 aliphatic heterocycles. The number of allylic oxidation sites excluding steroid dienone is 8. The van der Waals surface area contributed by atoms with Crippen molar-refractivity contribution >= 4 is 5.92 Å². The van der Waals surface area contributed by atoms with E-state index >= 15 is 0 Å². The molecule has 4 aliphatic rings. The maximum absolute atomic E-state index is 2.70. The van der Waals surface area contributed by atoms with Crippen molar-refractivity contribution in [3.05, 3.63) is 47.6 Å². The third-order valence-corrected chi connectivity index (χ3v) is 29.5. The van der Waals surface area contributed by atoms with E-state index in [1.165, 1.54) is 25.7 Å². The van der Waals surface area contributed by atoms with E-state index in [1.807, 2.05) is 11.1 Å². The van der Waals surface area contributed by atoms with Gasteiger partial charge < -0.3 is 0 Å². The Balaban J connectivity index is 1.64. The molecule has 4 atom stereocenters. The molecule has 0 spiro atoms. The van der Waals surface area contributed by atoms with Gasteiger partial charge >= 0.3 is 145 Å². The molecule has 4 rings (SSSR count). The van der Waals surface area contributed by atoms with Crippen molar-refractivity contribution in [2.24, 2.45) is 11.8 Å². The molecule has 2 fully saturated rings. The molecule has 0 N–H and O–H groups in total. The van der Waals surface area contributed by atoms with E-state index in [0.29, 0.717) is 0 Å². The molecule has 0 aromatic carbocycles. The van der Waals surface area contributed by atoms with Gasteiger partial charge in [-0.3, -0.25) is 0 Å². The quantitative estimate of drug-likeness (QED) is 0.539. The van der Waals surface area contributed by atoms with Crippen LogP contribution in [0, 0.1) is 11.8 Å². The van der Waals surface area contributed by atoms with E-state index in [1.54, 1.807) is 12.8 Å². The van der Waals surface area contributed by atoms with E-state index < -0.39 is 26.8 Å². The fourth-order valence-electron chi connectivity index (χ4n) is 5.59. The Bertz CT molecular complexity index is 508. The first-order valence-corrected chi connectivity index (χ1v) is 19.3. The van der Waals surface area contributed by atoms with Gasteiger partial charge in [0.1, 0.15) is 0 Å². The van der Waals surface area contributed by atoms with Crippen LogP contribution < -0.4 is 0 Å². The standard InChI is InChI=1S/2C9H11.C2H7Si.Zr/c2*1-2-5-9-7-3-6-8(9)4-1;1-3-2;/h2*1-2,4,6,9H,3,5,7H2;3H,1-2H3;/q;;;-1. The van der Waals surface area contributed by atoms with Gasteiger partial charge in [0.05, 0.1) is 0 Å². The molecule has 2 heteroatoms. The molecule has 0 saturated heterocycles. The molecule has 0 nitrogen and oxygen atoms in total. The molecule has 0 heterocycles. The Morgan fingerprint density at radius 3 is 1.77 bits per heavy atom. The zero-order valence-electron chi connectivity index (χ0n) is 14.1. The fourth-order valence-corrected chi connectivity index (χ4v) is 30.5. The summed E-state index contributed by atoms with van der Waals surface area (Å²) in [7, 11) is 0. The monoisotopic (exact) mass is 387 g/mol. The summed E-state index contributed by atoms with van der Waals surface area (Å²) < 4.78 is 2.22. The number of rotatable bonds is 3. The minimum absolute atomic E-state index is 0.458. The van der Waals surface area contributed by atoms with Crippen LogP contribution in [0.2, 0.25) is 20.3 Å². The van der Waals surface area contributed by atoms with Crippen LogP contribution in [-0.4, -0.2) is 5.92 Å². The number of fused-ring (bicyclic) bond motifs is 2. The zero-order valence-corrected chi connectivity index (χ0v) is 17.7. The van der Waals surface area contributed by atoms with Crippen LogP contribution in [0.25, 0.3) is 0 Å². The van der Waals surface area contributed by atoms with Gasteiger partial charge in [0.2, 0.25) is 0 Å². The summed E-state index contributed by atoms with van der Waals surface area (Å²) in [6.45, 7) is 5.40. The average molecular weight is 389 g/mol. The molecular weight excluding hydrogens is 360 g/mol. The van der Waals surface area contributed by atoms with Crippen LogP contribution in [-0.2, 0) is 20.9 Å². The molecule has 2 saturated carbocycles. The van der Waals surface area contributed by atoms with Gasteiger partial charge in [-0.1, -0.05) is 0 Å². The molecule has 0 aromatic rings. The first kappa shape index (κ1) is 15.6. The predicted octanol–water partition coefficient (Wildman–Crippen LogP) is 5.76.